The van der Waals surface area contributed by atoms with Crippen molar-refractivity contribution in [2.75, 3.05) is 0 Å². The number of rotatable bonds is 2. The highest BCUT2D eigenvalue weighted by Gasteiger charge is 2.18. The van der Waals surface area contributed by atoms with Crippen molar-refractivity contribution in [3.8, 4) is 0 Å². The average molecular weight is 333 g/mol. The number of carbonyl (C=O) groups is 1. The minimum absolute atomic E-state index is 0.154. The van der Waals surface area contributed by atoms with Gasteiger partial charge in [0.15, 0.2) is 5.76 Å². The molecule has 0 atom stereocenters. The van der Waals surface area contributed by atoms with Crippen LogP contribution in [0.4, 0.5) is 4.39 Å². The van der Waals surface area contributed by atoms with Crippen molar-refractivity contribution in [3.05, 3.63) is 69.6 Å². The first-order valence-corrected chi connectivity index (χ1v) is 6.84. The second-order valence-corrected chi connectivity index (χ2v) is 5.38. The van der Waals surface area contributed by atoms with E-state index in [1.54, 1.807) is 12.1 Å². The lowest BCUT2D eigenvalue weighted by Crippen LogP contribution is -2.01. The van der Waals surface area contributed by atoms with Gasteiger partial charge in [-0.1, -0.05) is 17.7 Å². The Hall–Kier alpha value is -1.94. The van der Waals surface area contributed by atoms with Gasteiger partial charge in [-0.25, -0.2) is 4.39 Å². The number of halogens is 2. The van der Waals surface area contributed by atoms with Gasteiger partial charge in [-0.05, 0) is 53.2 Å². The molecule has 0 unspecified atom stereocenters. The zero-order valence-corrected chi connectivity index (χ0v) is 12.2. The van der Waals surface area contributed by atoms with E-state index in [9.17, 15) is 9.18 Å². The number of hydrogen-bond acceptors (Lipinski definition) is 2. The van der Waals surface area contributed by atoms with Crippen molar-refractivity contribution in [3.63, 3.8) is 0 Å². The molecule has 0 aliphatic heterocycles. The van der Waals surface area contributed by atoms with Gasteiger partial charge >= 0.3 is 0 Å². The molecule has 0 saturated heterocycles. The molecule has 20 heavy (non-hydrogen) atoms. The number of ketones is 1. The molecule has 100 valence electrons. The van der Waals surface area contributed by atoms with Crippen LogP contribution in [0, 0.1) is 12.7 Å². The molecule has 4 heteroatoms. The van der Waals surface area contributed by atoms with Crippen LogP contribution in [-0.2, 0) is 0 Å². The lowest BCUT2D eigenvalue weighted by molar-refractivity contribution is 0.101. The van der Waals surface area contributed by atoms with E-state index in [1.807, 2.05) is 25.1 Å². The van der Waals surface area contributed by atoms with Gasteiger partial charge in [0.25, 0.3) is 0 Å². The Morgan fingerprint density at radius 1 is 1.20 bits per heavy atom. The maximum Gasteiger partial charge on any atom is 0.229 e. The van der Waals surface area contributed by atoms with Crippen LogP contribution in [0.1, 0.15) is 21.7 Å². The SMILES string of the molecule is Cc1ccc2oc(C(=O)c3cccc(F)c3Br)cc2c1. The largest absolute Gasteiger partial charge is 0.453 e. The molecule has 0 spiro atoms. The second-order valence-electron chi connectivity index (χ2n) is 4.58. The number of hydrogen-bond donors (Lipinski definition) is 0. The zero-order valence-electron chi connectivity index (χ0n) is 10.6. The van der Waals surface area contributed by atoms with E-state index in [0.29, 0.717) is 5.58 Å². The first-order chi connectivity index (χ1) is 9.56. The van der Waals surface area contributed by atoms with E-state index < -0.39 is 5.82 Å². The Bertz CT molecular complexity index is 820. The van der Waals surface area contributed by atoms with Crippen molar-refractivity contribution in [2.24, 2.45) is 0 Å². The number of fused-ring (bicyclic) bond motifs is 1. The van der Waals surface area contributed by atoms with Crippen LogP contribution in [0.2, 0.25) is 0 Å². The standard InChI is InChI=1S/C16H10BrFO2/c1-9-5-6-13-10(7-9)8-14(20-13)16(19)11-3-2-4-12(18)15(11)17/h2-8H,1H3. The van der Waals surface area contributed by atoms with Crippen molar-refractivity contribution < 1.29 is 13.6 Å². The van der Waals surface area contributed by atoms with Crippen LogP contribution in [0.3, 0.4) is 0 Å². The van der Waals surface area contributed by atoms with Crippen molar-refractivity contribution >= 4 is 32.7 Å². The molecule has 2 nitrogen and oxygen atoms in total. The van der Waals surface area contributed by atoms with Crippen LogP contribution < -0.4 is 0 Å². The molecular formula is C16H10BrFO2. The van der Waals surface area contributed by atoms with E-state index in [4.69, 9.17) is 4.42 Å². The summed E-state index contributed by atoms with van der Waals surface area (Å²) in [7, 11) is 0. The van der Waals surface area contributed by atoms with Crippen LogP contribution in [0.5, 0.6) is 0 Å². The third-order valence-electron chi connectivity index (χ3n) is 3.09. The number of furan rings is 1. The molecule has 0 saturated carbocycles. The van der Waals surface area contributed by atoms with Crippen molar-refractivity contribution in [1.82, 2.24) is 0 Å². The van der Waals surface area contributed by atoms with E-state index in [0.717, 1.165) is 10.9 Å². The zero-order chi connectivity index (χ0) is 14.3. The summed E-state index contributed by atoms with van der Waals surface area (Å²) >= 11 is 3.10. The molecular weight excluding hydrogens is 323 g/mol. The summed E-state index contributed by atoms with van der Waals surface area (Å²) in [5.74, 6) is -0.607. The van der Waals surface area contributed by atoms with Gasteiger partial charge in [0.2, 0.25) is 5.78 Å². The van der Waals surface area contributed by atoms with Gasteiger partial charge in [0, 0.05) is 10.9 Å². The monoisotopic (exact) mass is 332 g/mol. The van der Waals surface area contributed by atoms with Crippen LogP contribution in [0.25, 0.3) is 11.0 Å². The van der Waals surface area contributed by atoms with Gasteiger partial charge in [0.1, 0.15) is 11.4 Å². The molecule has 2 aromatic carbocycles. The topological polar surface area (TPSA) is 30.2 Å². The molecule has 1 heterocycles. The fourth-order valence-corrected chi connectivity index (χ4v) is 2.53. The van der Waals surface area contributed by atoms with Crippen LogP contribution in [-0.4, -0.2) is 5.78 Å². The summed E-state index contributed by atoms with van der Waals surface area (Å²) in [5, 5.41) is 0.862. The lowest BCUT2D eigenvalue weighted by Gasteiger charge is -2.01. The van der Waals surface area contributed by atoms with Gasteiger partial charge in [-0.15, -0.1) is 0 Å². The number of carbonyl (C=O) groups excluding carboxylic acids is 1. The molecule has 0 radical (unpaired) electrons. The summed E-state index contributed by atoms with van der Waals surface area (Å²) < 4.78 is 19.2. The number of benzene rings is 2. The first kappa shape index (κ1) is 13.1. The second kappa shape index (κ2) is 4.87. The fraction of sp³-hybridized carbons (Fsp3) is 0.0625. The summed E-state index contributed by atoms with van der Waals surface area (Å²) in [6.45, 7) is 1.97. The summed E-state index contributed by atoms with van der Waals surface area (Å²) in [6, 6.07) is 11.7. The molecule has 0 fully saturated rings. The highest BCUT2D eigenvalue weighted by Crippen LogP contribution is 2.26. The maximum absolute atomic E-state index is 13.5. The predicted molar refractivity (Wildman–Crippen MR) is 78.5 cm³/mol. The Kier molecular flexibility index (Phi) is 3.18. The smallest absolute Gasteiger partial charge is 0.229 e. The van der Waals surface area contributed by atoms with E-state index >= 15 is 0 Å². The van der Waals surface area contributed by atoms with Crippen molar-refractivity contribution in [2.45, 2.75) is 6.92 Å². The molecule has 0 aliphatic carbocycles. The normalized spacial score (nSPS) is 10.9. The van der Waals surface area contributed by atoms with Crippen molar-refractivity contribution in [1.29, 1.82) is 0 Å². The highest BCUT2D eigenvalue weighted by molar-refractivity contribution is 9.10. The van der Waals surface area contributed by atoms with Gasteiger partial charge in [-0.2, -0.15) is 0 Å². The first-order valence-electron chi connectivity index (χ1n) is 6.05. The molecule has 0 bridgehead atoms. The maximum atomic E-state index is 13.5. The molecule has 0 aliphatic rings. The molecule has 1 aromatic heterocycles. The van der Waals surface area contributed by atoms with E-state index in [1.165, 1.54) is 12.1 Å². The third-order valence-corrected chi connectivity index (χ3v) is 3.90. The summed E-state index contributed by atoms with van der Waals surface area (Å²) in [6.07, 6.45) is 0. The average Bonchev–Trinajstić information content (AvgIpc) is 2.84. The quantitative estimate of drug-likeness (QED) is 0.626. The lowest BCUT2D eigenvalue weighted by atomic mass is 10.1. The fourth-order valence-electron chi connectivity index (χ4n) is 2.09. The minimum Gasteiger partial charge on any atom is -0.453 e. The highest BCUT2D eigenvalue weighted by atomic mass is 79.9. The van der Waals surface area contributed by atoms with Gasteiger partial charge < -0.3 is 4.42 Å². The van der Waals surface area contributed by atoms with Crippen LogP contribution >= 0.6 is 15.9 Å². The van der Waals surface area contributed by atoms with Gasteiger partial charge in [-0.3, -0.25) is 4.79 Å². The van der Waals surface area contributed by atoms with E-state index in [2.05, 4.69) is 15.9 Å². The predicted octanol–water partition coefficient (Wildman–Crippen LogP) is 4.87. The molecule has 3 rings (SSSR count). The Labute approximate surface area is 123 Å². The Balaban J connectivity index is 2.10. The Morgan fingerprint density at radius 2 is 2.00 bits per heavy atom. The molecule has 0 N–H and O–H groups in total. The summed E-state index contributed by atoms with van der Waals surface area (Å²) in [4.78, 5) is 12.4. The van der Waals surface area contributed by atoms with Crippen LogP contribution in [0.15, 0.2) is 51.4 Å². The number of aryl methyl sites for hydroxylation is 1. The molecule has 0 amide bonds. The van der Waals surface area contributed by atoms with E-state index in [-0.39, 0.29) is 21.6 Å². The molecule has 3 aromatic rings. The minimum atomic E-state index is -0.470. The Morgan fingerprint density at radius 3 is 2.80 bits per heavy atom. The summed E-state index contributed by atoms with van der Waals surface area (Å²) in [5.41, 5.74) is 1.98. The van der Waals surface area contributed by atoms with Gasteiger partial charge in [0.05, 0.1) is 4.47 Å². The third kappa shape index (κ3) is 2.16.